The zero-order chi connectivity index (χ0) is 21.1. The molecule has 0 saturated carbocycles. The summed E-state index contributed by atoms with van der Waals surface area (Å²) in [5.74, 6) is 5.21. The number of imide groups is 1. The van der Waals surface area contributed by atoms with Crippen molar-refractivity contribution in [2.75, 3.05) is 13.2 Å². The van der Waals surface area contributed by atoms with Gasteiger partial charge in [0, 0.05) is 17.0 Å². The van der Waals surface area contributed by atoms with E-state index in [1.807, 2.05) is 6.07 Å². The van der Waals surface area contributed by atoms with E-state index in [4.69, 9.17) is 9.84 Å². The van der Waals surface area contributed by atoms with Crippen molar-refractivity contribution < 1.29 is 24.5 Å². The molecule has 0 radical (unpaired) electrons. The maximum Gasteiger partial charge on any atom is 0.322 e. The van der Waals surface area contributed by atoms with Crippen LogP contribution in [0.3, 0.4) is 0 Å². The number of carbonyl (C=O) groups is 2. The molecule has 30 heavy (non-hydrogen) atoms. The number of urea groups is 1. The van der Waals surface area contributed by atoms with Crippen LogP contribution in [0.4, 0.5) is 4.79 Å². The first-order valence-corrected chi connectivity index (χ1v) is 9.24. The van der Waals surface area contributed by atoms with Crippen molar-refractivity contribution in [3.63, 3.8) is 0 Å². The minimum atomic E-state index is -1.34. The van der Waals surface area contributed by atoms with Gasteiger partial charge in [-0.25, -0.2) is 4.79 Å². The Labute approximate surface area is 172 Å². The van der Waals surface area contributed by atoms with E-state index in [9.17, 15) is 14.7 Å². The van der Waals surface area contributed by atoms with Gasteiger partial charge in [-0.15, -0.1) is 0 Å². The lowest BCUT2D eigenvalue weighted by molar-refractivity contribution is -0.124. The summed E-state index contributed by atoms with van der Waals surface area (Å²) >= 11 is 0. The first-order chi connectivity index (χ1) is 14.5. The Morgan fingerprint density at radius 1 is 1.10 bits per heavy atom. The lowest BCUT2D eigenvalue weighted by Crippen LogP contribution is -2.47. The summed E-state index contributed by atoms with van der Waals surface area (Å²) in [6.45, 7) is -0.0955. The summed E-state index contributed by atoms with van der Waals surface area (Å²) < 4.78 is 7.05. The maximum atomic E-state index is 12.7. The third kappa shape index (κ3) is 3.43. The highest BCUT2D eigenvalue weighted by atomic mass is 16.5. The molecule has 4 rings (SSSR count). The molecule has 0 bridgehead atoms. The van der Waals surface area contributed by atoms with Crippen LogP contribution in [0.1, 0.15) is 5.56 Å². The largest absolute Gasteiger partial charge is 0.494 e. The number of ether oxygens (including phenoxy) is 1. The molecule has 3 aromatic rings. The average Bonchev–Trinajstić information content (AvgIpc) is 3.21. The molecule has 1 saturated heterocycles. The highest BCUT2D eigenvalue weighted by molar-refractivity contribution is 6.07. The highest BCUT2D eigenvalue weighted by Gasteiger charge is 2.48. The Balaban J connectivity index is 1.69. The fraction of sp³-hybridized carbons (Fsp3) is 0.182. The lowest BCUT2D eigenvalue weighted by Gasteiger charge is -2.27. The van der Waals surface area contributed by atoms with Crippen molar-refractivity contribution in [1.82, 2.24) is 15.2 Å². The van der Waals surface area contributed by atoms with E-state index >= 15 is 0 Å². The Morgan fingerprint density at radius 3 is 2.60 bits per heavy atom. The first kappa shape index (κ1) is 19.4. The number of hydrogen-bond acceptors (Lipinski definition) is 5. The van der Waals surface area contributed by atoms with Crippen LogP contribution in [0, 0.1) is 11.8 Å². The summed E-state index contributed by atoms with van der Waals surface area (Å²) in [6, 6.07) is 13.5. The Bertz CT molecular complexity index is 1180. The fourth-order valence-electron chi connectivity index (χ4n) is 3.55. The minimum Gasteiger partial charge on any atom is -0.494 e. The molecule has 0 aliphatic carbocycles. The van der Waals surface area contributed by atoms with Gasteiger partial charge in [-0.2, -0.15) is 0 Å². The van der Waals surface area contributed by atoms with E-state index in [2.05, 4.69) is 22.5 Å². The number of rotatable bonds is 5. The quantitative estimate of drug-likeness (QED) is 0.379. The van der Waals surface area contributed by atoms with Crippen LogP contribution in [0.25, 0.3) is 10.8 Å². The van der Waals surface area contributed by atoms with Gasteiger partial charge in [-0.1, -0.05) is 42.2 Å². The molecule has 8 heteroatoms. The number of benzene rings is 2. The second-order valence-corrected chi connectivity index (χ2v) is 6.81. The van der Waals surface area contributed by atoms with Crippen LogP contribution in [-0.4, -0.2) is 39.9 Å². The summed E-state index contributed by atoms with van der Waals surface area (Å²) in [6.07, 6.45) is 1.69. The van der Waals surface area contributed by atoms with E-state index in [0.717, 1.165) is 0 Å². The number of aromatic nitrogens is 1. The number of hydrogen-bond donors (Lipinski definition) is 4. The molecule has 2 aromatic carbocycles. The third-order valence-corrected chi connectivity index (χ3v) is 4.96. The minimum absolute atomic E-state index is 0.00721. The molecule has 3 amide bonds. The van der Waals surface area contributed by atoms with Gasteiger partial charge in [0.15, 0.2) is 11.4 Å². The standard InChI is InChI=1S/C22H19N3O5/c26-10-4-5-11-30-17-8-9-18-15(12-17)13-25(19(18)27)14-22(16-6-2-1-3-7-16)20(28)23-21(29)24-22/h1-3,6-9,12-13,26-27H,10-11,14H2,(H2,23,24,28,29)/t22-/m0/s1. The van der Waals surface area contributed by atoms with Crippen molar-refractivity contribution in [2.24, 2.45) is 0 Å². The Hall–Kier alpha value is -3.96. The Kier molecular flexibility index (Phi) is 5.04. The van der Waals surface area contributed by atoms with E-state index < -0.39 is 17.5 Å². The number of aliphatic hydroxyl groups excluding tert-OH is 1. The number of fused-ring (bicyclic) bond motifs is 1. The molecule has 1 aromatic heterocycles. The predicted octanol–water partition coefficient (Wildman–Crippen LogP) is 1.46. The van der Waals surface area contributed by atoms with E-state index in [1.54, 1.807) is 48.7 Å². The molecule has 2 heterocycles. The molecule has 1 atom stereocenters. The van der Waals surface area contributed by atoms with Crippen molar-refractivity contribution in [3.8, 4) is 23.5 Å². The molecule has 0 unspecified atom stereocenters. The second kappa shape index (κ2) is 7.81. The molecule has 0 spiro atoms. The normalized spacial score (nSPS) is 17.9. The van der Waals surface area contributed by atoms with Gasteiger partial charge in [0.25, 0.3) is 5.91 Å². The molecule has 152 valence electrons. The van der Waals surface area contributed by atoms with Gasteiger partial charge in [0.2, 0.25) is 0 Å². The van der Waals surface area contributed by atoms with Crippen LogP contribution < -0.4 is 15.4 Å². The number of nitrogens with one attached hydrogen (secondary N) is 2. The molecule has 1 aliphatic heterocycles. The van der Waals surface area contributed by atoms with E-state index in [0.29, 0.717) is 22.1 Å². The predicted molar refractivity (Wildman–Crippen MR) is 109 cm³/mol. The zero-order valence-corrected chi connectivity index (χ0v) is 15.9. The van der Waals surface area contributed by atoms with Crippen molar-refractivity contribution >= 4 is 22.7 Å². The summed E-state index contributed by atoms with van der Waals surface area (Å²) in [4.78, 5) is 24.6. The first-order valence-electron chi connectivity index (χ1n) is 9.24. The zero-order valence-electron chi connectivity index (χ0n) is 15.9. The summed E-state index contributed by atoms with van der Waals surface area (Å²) in [5.41, 5.74) is -0.735. The maximum absolute atomic E-state index is 12.7. The van der Waals surface area contributed by atoms with E-state index in [1.165, 1.54) is 4.57 Å². The van der Waals surface area contributed by atoms with Crippen LogP contribution >= 0.6 is 0 Å². The second-order valence-electron chi connectivity index (χ2n) is 6.81. The number of nitrogens with zero attached hydrogens (tertiary/aromatic N) is 1. The number of amides is 3. The third-order valence-electron chi connectivity index (χ3n) is 4.96. The summed E-state index contributed by atoms with van der Waals surface area (Å²) in [7, 11) is 0. The smallest absolute Gasteiger partial charge is 0.322 e. The van der Waals surface area contributed by atoms with Crippen LogP contribution in [0.15, 0.2) is 54.7 Å². The van der Waals surface area contributed by atoms with Crippen molar-refractivity contribution in [2.45, 2.75) is 12.1 Å². The number of carbonyl (C=O) groups excluding carboxylic acids is 2. The molecule has 1 aliphatic rings. The molecular formula is C22H19N3O5. The number of aromatic hydroxyl groups is 1. The fourth-order valence-corrected chi connectivity index (χ4v) is 3.55. The molecule has 1 fully saturated rings. The van der Waals surface area contributed by atoms with Crippen LogP contribution in [0.2, 0.25) is 0 Å². The van der Waals surface area contributed by atoms with Gasteiger partial charge in [-0.05, 0) is 23.8 Å². The Morgan fingerprint density at radius 2 is 1.90 bits per heavy atom. The molecular weight excluding hydrogens is 386 g/mol. The highest BCUT2D eigenvalue weighted by Crippen LogP contribution is 2.34. The van der Waals surface area contributed by atoms with Crippen molar-refractivity contribution in [3.05, 3.63) is 60.3 Å². The van der Waals surface area contributed by atoms with Gasteiger partial charge < -0.3 is 24.8 Å². The number of aliphatic hydroxyl groups is 1. The SMILES string of the molecule is O=C1NC(=O)[C@](Cn2cc3cc(OCC#CCO)ccc3c2O)(c2ccccc2)N1. The van der Waals surface area contributed by atoms with E-state index in [-0.39, 0.29) is 25.6 Å². The van der Waals surface area contributed by atoms with Crippen LogP contribution in [0.5, 0.6) is 11.6 Å². The molecule has 8 nitrogen and oxygen atoms in total. The van der Waals surface area contributed by atoms with Gasteiger partial charge >= 0.3 is 6.03 Å². The van der Waals surface area contributed by atoms with Gasteiger partial charge in [0.05, 0.1) is 6.54 Å². The van der Waals surface area contributed by atoms with Gasteiger partial charge in [0.1, 0.15) is 19.0 Å². The average molecular weight is 405 g/mol. The van der Waals surface area contributed by atoms with Crippen LogP contribution in [-0.2, 0) is 16.9 Å². The summed E-state index contributed by atoms with van der Waals surface area (Å²) in [5, 5.41) is 25.7. The topological polar surface area (TPSA) is 113 Å². The molecule has 4 N–H and O–H groups in total. The lowest BCUT2D eigenvalue weighted by atomic mass is 9.90. The van der Waals surface area contributed by atoms with Gasteiger partial charge in [-0.3, -0.25) is 10.1 Å². The monoisotopic (exact) mass is 405 g/mol. The van der Waals surface area contributed by atoms with Crippen molar-refractivity contribution in [1.29, 1.82) is 0 Å².